The van der Waals surface area contributed by atoms with Gasteiger partial charge in [0.2, 0.25) is 0 Å². The Kier molecular flexibility index (Phi) is 4.82. The van der Waals surface area contributed by atoms with Crippen LogP contribution in [0.25, 0.3) is 0 Å². The lowest BCUT2D eigenvalue weighted by atomic mass is 10.2. The van der Waals surface area contributed by atoms with Crippen molar-refractivity contribution in [3.63, 3.8) is 0 Å². The minimum atomic E-state index is -0.657. The summed E-state index contributed by atoms with van der Waals surface area (Å²) in [6.07, 6.45) is -0.657. The minimum absolute atomic E-state index is 0.109. The summed E-state index contributed by atoms with van der Waals surface area (Å²) < 4.78 is 0.622. The molecule has 1 aromatic carbocycles. The third-order valence-corrected chi connectivity index (χ3v) is 2.90. The molecule has 0 aromatic heterocycles. The molecule has 2 N–H and O–H groups in total. The topological polar surface area (TPSA) is 92.5 Å². The number of rotatable bonds is 4. The summed E-state index contributed by atoms with van der Waals surface area (Å²) in [5.74, 6) is -0.431. The molecule has 92 valence electrons. The molecule has 1 amide bonds. The lowest BCUT2D eigenvalue weighted by molar-refractivity contribution is -0.384. The third kappa shape index (κ3) is 3.93. The molecule has 1 unspecified atom stereocenters. The molecular formula is C10H11IN2O4. The summed E-state index contributed by atoms with van der Waals surface area (Å²) in [4.78, 5) is 21.7. The minimum Gasteiger partial charge on any atom is -0.392 e. The maximum atomic E-state index is 11.7. The van der Waals surface area contributed by atoms with Gasteiger partial charge in [0.1, 0.15) is 0 Å². The van der Waals surface area contributed by atoms with Crippen LogP contribution in [0, 0.1) is 13.7 Å². The Balaban J connectivity index is 2.92. The Morgan fingerprint density at radius 2 is 2.29 bits per heavy atom. The fraction of sp³-hybridized carbons (Fsp3) is 0.300. The van der Waals surface area contributed by atoms with Crippen LogP contribution in [0.4, 0.5) is 5.69 Å². The van der Waals surface area contributed by atoms with Gasteiger partial charge in [0.25, 0.3) is 11.6 Å². The Bertz CT molecular complexity index is 448. The molecule has 0 aliphatic carbocycles. The number of carbonyl (C=O) groups is 1. The van der Waals surface area contributed by atoms with Gasteiger partial charge in [-0.15, -0.1) is 0 Å². The van der Waals surface area contributed by atoms with Gasteiger partial charge in [-0.3, -0.25) is 14.9 Å². The van der Waals surface area contributed by atoms with Crippen LogP contribution in [0.15, 0.2) is 18.2 Å². The van der Waals surface area contributed by atoms with E-state index in [0.29, 0.717) is 3.57 Å². The molecule has 0 spiro atoms. The lowest BCUT2D eigenvalue weighted by Crippen LogP contribution is -2.31. The van der Waals surface area contributed by atoms with Crippen LogP contribution < -0.4 is 5.32 Å². The number of nitrogens with zero attached hydrogens (tertiary/aromatic N) is 1. The van der Waals surface area contributed by atoms with E-state index in [1.165, 1.54) is 18.2 Å². The van der Waals surface area contributed by atoms with E-state index in [0.717, 1.165) is 0 Å². The predicted molar refractivity (Wildman–Crippen MR) is 69.8 cm³/mol. The molecule has 1 aromatic rings. The highest BCUT2D eigenvalue weighted by Gasteiger charge is 2.15. The molecule has 17 heavy (non-hydrogen) atoms. The van der Waals surface area contributed by atoms with Gasteiger partial charge in [-0.2, -0.15) is 0 Å². The number of carbonyl (C=O) groups excluding carboxylic acids is 1. The van der Waals surface area contributed by atoms with Gasteiger partial charge < -0.3 is 10.4 Å². The van der Waals surface area contributed by atoms with Crippen LogP contribution in [-0.4, -0.2) is 28.6 Å². The van der Waals surface area contributed by atoms with E-state index in [1.54, 1.807) is 6.92 Å². The standard InChI is InChI=1S/C10H11IN2O4/c1-6(14)5-12-10(15)8-4-7(13(16)17)2-3-9(8)11/h2-4,6,14H,5H2,1H3,(H,12,15). The predicted octanol–water partition coefficient (Wildman–Crippen LogP) is 1.31. The molecule has 0 aliphatic heterocycles. The number of non-ortho nitro benzene ring substituents is 1. The smallest absolute Gasteiger partial charge is 0.270 e. The number of halogens is 1. The number of nitro benzene ring substituents is 1. The number of aliphatic hydroxyl groups excluding tert-OH is 1. The largest absolute Gasteiger partial charge is 0.392 e. The van der Waals surface area contributed by atoms with Crippen LogP contribution in [0.5, 0.6) is 0 Å². The highest BCUT2D eigenvalue weighted by Crippen LogP contribution is 2.19. The van der Waals surface area contributed by atoms with Crippen molar-refractivity contribution in [2.24, 2.45) is 0 Å². The molecule has 6 nitrogen and oxygen atoms in total. The normalized spacial score (nSPS) is 11.9. The average molecular weight is 350 g/mol. The number of nitrogens with one attached hydrogen (secondary N) is 1. The quantitative estimate of drug-likeness (QED) is 0.487. The fourth-order valence-corrected chi connectivity index (χ4v) is 1.72. The summed E-state index contributed by atoms with van der Waals surface area (Å²) in [6.45, 7) is 1.65. The van der Waals surface area contributed by atoms with Gasteiger partial charge in [-0.25, -0.2) is 0 Å². The summed E-state index contributed by atoms with van der Waals surface area (Å²) in [5, 5.41) is 22.1. The zero-order chi connectivity index (χ0) is 13.0. The van der Waals surface area contributed by atoms with E-state index in [1.807, 2.05) is 22.6 Å². The van der Waals surface area contributed by atoms with E-state index in [2.05, 4.69) is 5.32 Å². The number of amides is 1. The van der Waals surface area contributed by atoms with E-state index in [4.69, 9.17) is 5.11 Å². The van der Waals surface area contributed by atoms with E-state index >= 15 is 0 Å². The SMILES string of the molecule is CC(O)CNC(=O)c1cc([N+](=O)[O-])ccc1I. The number of aliphatic hydroxyl groups is 1. The Morgan fingerprint density at radius 3 is 2.82 bits per heavy atom. The first-order chi connectivity index (χ1) is 7.91. The van der Waals surface area contributed by atoms with Crippen molar-refractivity contribution in [3.05, 3.63) is 37.4 Å². The molecule has 0 saturated carbocycles. The monoisotopic (exact) mass is 350 g/mol. The summed E-state index contributed by atoms with van der Waals surface area (Å²) in [5.41, 5.74) is 0.105. The van der Waals surface area contributed by atoms with E-state index in [9.17, 15) is 14.9 Å². The van der Waals surface area contributed by atoms with Gasteiger partial charge in [-0.1, -0.05) is 0 Å². The molecule has 0 bridgehead atoms. The van der Waals surface area contributed by atoms with Crippen LogP contribution in [0.1, 0.15) is 17.3 Å². The fourth-order valence-electron chi connectivity index (χ4n) is 1.14. The van der Waals surface area contributed by atoms with Crippen molar-refractivity contribution in [2.75, 3.05) is 6.54 Å². The third-order valence-electron chi connectivity index (χ3n) is 1.96. The molecule has 0 heterocycles. The van der Waals surface area contributed by atoms with Gasteiger partial charge in [-0.05, 0) is 35.6 Å². The van der Waals surface area contributed by atoms with Crippen LogP contribution in [0.3, 0.4) is 0 Å². The van der Waals surface area contributed by atoms with Gasteiger partial charge in [0.15, 0.2) is 0 Å². The van der Waals surface area contributed by atoms with Gasteiger partial charge >= 0.3 is 0 Å². The molecule has 7 heteroatoms. The van der Waals surface area contributed by atoms with Gasteiger partial charge in [0.05, 0.1) is 16.6 Å². The highest BCUT2D eigenvalue weighted by molar-refractivity contribution is 14.1. The second-order valence-electron chi connectivity index (χ2n) is 3.48. The molecule has 0 radical (unpaired) electrons. The second kappa shape index (κ2) is 5.92. The average Bonchev–Trinajstić information content (AvgIpc) is 2.26. The molecule has 1 rings (SSSR count). The van der Waals surface area contributed by atoms with Crippen molar-refractivity contribution in [1.82, 2.24) is 5.32 Å². The first kappa shape index (κ1) is 13.8. The van der Waals surface area contributed by atoms with Crippen LogP contribution in [-0.2, 0) is 0 Å². The van der Waals surface area contributed by atoms with Crippen molar-refractivity contribution in [3.8, 4) is 0 Å². The summed E-state index contributed by atoms with van der Waals surface area (Å²) in [6, 6.07) is 4.07. The summed E-state index contributed by atoms with van der Waals surface area (Å²) >= 11 is 1.93. The molecule has 1 atom stereocenters. The van der Waals surface area contributed by atoms with Crippen molar-refractivity contribution in [1.29, 1.82) is 0 Å². The molecule has 0 aliphatic rings. The lowest BCUT2D eigenvalue weighted by Gasteiger charge is -2.08. The van der Waals surface area contributed by atoms with E-state index in [-0.39, 0.29) is 17.8 Å². The molecule has 0 saturated heterocycles. The number of nitro groups is 1. The first-order valence-corrected chi connectivity index (χ1v) is 5.90. The zero-order valence-corrected chi connectivity index (χ0v) is 11.2. The Hall–Kier alpha value is -1.22. The van der Waals surface area contributed by atoms with Gasteiger partial charge in [0, 0.05) is 22.2 Å². The maximum Gasteiger partial charge on any atom is 0.270 e. The summed E-state index contributed by atoms with van der Waals surface area (Å²) in [7, 11) is 0. The van der Waals surface area contributed by atoms with Crippen molar-refractivity contribution in [2.45, 2.75) is 13.0 Å². The number of hydrogen-bond acceptors (Lipinski definition) is 4. The van der Waals surface area contributed by atoms with Crippen LogP contribution in [0.2, 0.25) is 0 Å². The van der Waals surface area contributed by atoms with Crippen molar-refractivity contribution < 1.29 is 14.8 Å². The Labute approximate surface area is 111 Å². The first-order valence-electron chi connectivity index (χ1n) is 4.82. The van der Waals surface area contributed by atoms with Crippen LogP contribution >= 0.6 is 22.6 Å². The maximum absolute atomic E-state index is 11.7. The number of benzene rings is 1. The molecule has 0 fully saturated rings. The second-order valence-corrected chi connectivity index (χ2v) is 4.64. The van der Waals surface area contributed by atoms with E-state index < -0.39 is 16.9 Å². The zero-order valence-electron chi connectivity index (χ0n) is 9.01. The number of hydrogen-bond donors (Lipinski definition) is 2. The molecular weight excluding hydrogens is 339 g/mol. The van der Waals surface area contributed by atoms with Crippen molar-refractivity contribution >= 4 is 34.2 Å². The highest BCUT2D eigenvalue weighted by atomic mass is 127. The Morgan fingerprint density at radius 1 is 1.65 bits per heavy atom.